The van der Waals surface area contributed by atoms with Gasteiger partial charge in [-0.15, -0.1) is 0 Å². The molecule has 1 aliphatic heterocycles. The maximum absolute atomic E-state index is 12.2. The van der Waals surface area contributed by atoms with Crippen molar-refractivity contribution in [3.05, 3.63) is 34.2 Å². The van der Waals surface area contributed by atoms with Gasteiger partial charge in [-0.25, -0.2) is 0 Å². The number of piperazine rings is 1. The molecule has 1 unspecified atom stereocenters. The predicted molar refractivity (Wildman–Crippen MR) is 65.3 cm³/mol. The summed E-state index contributed by atoms with van der Waals surface area (Å²) >= 11 is 0. The number of nitrogens with one attached hydrogen (secondary N) is 2. The van der Waals surface area contributed by atoms with Crippen molar-refractivity contribution in [3.8, 4) is 0 Å². The molecule has 1 fully saturated rings. The molecule has 0 saturated carbocycles. The van der Waals surface area contributed by atoms with Crippen LogP contribution in [-0.4, -0.2) is 40.2 Å². The van der Waals surface area contributed by atoms with Gasteiger partial charge in [0, 0.05) is 6.07 Å². The fourth-order valence-electron chi connectivity index (χ4n) is 2.01. The number of aromatic nitrogens is 1. The van der Waals surface area contributed by atoms with Crippen molar-refractivity contribution in [2.75, 3.05) is 6.54 Å². The van der Waals surface area contributed by atoms with Crippen LogP contribution in [0.1, 0.15) is 23.8 Å². The molecule has 1 atom stereocenters. The van der Waals surface area contributed by atoms with Gasteiger partial charge in [-0.05, 0) is 12.5 Å². The smallest absolute Gasteiger partial charge is 0.271 e. The van der Waals surface area contributed by atoms with Crippen LogP contribution in [0.2, 0.25) is 0 Å². The van der Waals surface area contributed by atoms with Crippen LogP contribution in [-0.2, 0) is 9.59 Å². The van der Waals surface area contributed by atoms with Gasteiger partial charge in [0.2, 0.25) is 17.4 Å². The number of carbonyl (C=O) groups excluding carboxylic acids is 3. The van der Waals surface area contributed by atoms with E-state index >= 15 is 0 Å². The topological polar surface area (TPSA) is 99.3 Å². The molecule has 100 valence electrons. The Morgan fingerprint density at radius 1 is 1.37 bits per heavy atom. The molecule has 7 nitrogen and oxygen atoms in total. The quantitative estimate of drug-likeness (QED) is 0.686. The summed E-state index contributed by atoms with van der Waals surface area (Å²) in [5.74, 6) is -1.56. The molecule has 1 aromatic rings. The van der Waals surface area contributed by atoms with Crippen LogP contribution in [0.25, 0.3) is 0 Å². The zero-order chi connectivity index (χ0) is 14.0. The normalized spacial score (nSPS) is 19.2. The maximum Gasteiger partial charge on any atom is 0.271 e. The van der Waals surface area contributed by atoms with Crippen molar-refractivity contribution in [2.24, 2.45) is 0 Å². The molecule has 0 aliphatic carbocycles. The summed E-state index contributed by atoms with van der Waals surface area (Å²) in [7, 11) is 0. The molecule has 1 aliphatic rings. The second kappa shape index (κ2) is 5.05. The lowest BCUT2D eigenvalue weighted by atomic mass is 10.1. The molecule has 2 heterocycles. The summed E-state index contributed by atoms with van der Waals surface area (Å²) in [4.78, 5) is 50.0. The highest BCUT2D eigenvalue weighted by Crippen LogP contribution is 2.12. The highest BCUT2D eigenvalue weighted by Gasteiger charge is 2.36. The maximum atomic E-state index is 12.2. The van der Waals surface area contributed by atoms with Crippen LogP contribution >= 0.6 is 0 Å². The van der Waals surface area contributed by atoms with Crippen molar-refractivity contribution in [1.29, 1.82) is 0 Å². The summed E-state index contributed by atoms with van der Waals surface area (Å²) in [5, 5.41) is 2.18. The van der Waals surface area contributed by atoms with E-state index in [9.17, 15) is 19.2 Å². The molecule has 0 spiro atoms. The first-order chi connectivity index (χ1) is 9.02. The van der Waals surface area contributed by atoms with Crippen molar-refractivity contribution in [2.45, 2.75) is 19.4 Å². The first-order valence-corrected chi connectivity index (χ1v) is 5.87. The molecule has 19 heavy (non-hydrogen) atoms. The first-order valence-electron chi connectivity index (χ1n) is 5.87. The monoisotopic (exact) mass is 263 g/mol. The fraction of sp³-hybridized carbons (Fsp3) is 0.333. The summed E-state index contributed by atoms with van der Waals surface area (Å²) in [6.45, 7) is 1.55. The molecular formula is C12H13N3O4. The zero-order valence-corrected chi connectivity index (χ0v) is 10.3. The van der Waals surface area contributed by atoms with Gasteiger partial charge in [-0.3, -0.25) is 24.5 Å². The van der Waals surface area contributed by atoms with Crippen LogP contribution in [0.4, 0.5) is 0 Å². The predicted octanol–water partition coefficient (Wildman–Crippen LogP) is -0.748. The van der Waals surface area contributed by atoms with E-state index in [0.29, 0.717) is 6.42 Å². The van der Waals surface area contributed by atoms with E-state index < -0.39 is 29.3 Å². The average molecular weight is 263 g/mol. The van der Waals surface area contributed by atoms with Gasteiger partial charge in [0.1, 0.15) is 18.3 Å². The van der Waals surface area contributed by atoms with E-state index in [1.807, 2.05) is 0 Å². The molecule has 1 saturated heterocycles. The number of H-pyrrole nitrogens is 1. The molecule has 1 aromatic heterocycles. The van der Waals surface area contributed by atoms with E-state index in [1.54, 1.807) is 6.92 Å². The van der Waals surface area contributed by atoms with E-state index in [2.05, 4.69) is 10.3 Å². The van der Waals surface area contributed by atoms with Crippen molar-refractivity contribution < 1.29 is 14.4 Å². The Hall–Kier alpha value is -2.44. The SMILES string of the molecule is CCC1C(=O)NC(=O)CN1C(=O)c1cccc(=O)[nH]1. The van der Waals surface area contributed by atoms with Crippen molar-refractivity contribution in [1.82, 2.24) is 15.2 Å². The standard InChI is InChI=1S/C12H13N3O4/c1-2-8-11(18)14-10(17)6-15(8)12(19)7-4-3-5-9(16)13-7/h3-5,8H,2,6H2,1H3,(H,13,16)(H,14,17,18). The number of nitrogens with zero attached hydrogens (tertiary/aromatic N) is 1. The molecule has 7 heteroatoms. The van der Waals surface area contributed by atoms with Crippen LogP contribution in [0.5, 0.6) is 0 Å². The molecule has 0 bridgehead atoms. The largest absolute Gasteiger partial charge is 0.318 e. The average Bonchev–Trinajstić information content (AvgIpc) is 2.37. The number of pyridine rings is 1. The number of hydrogen-bond donors (Lipinski definition) is 2. The summed E-state index contributed by atoms with van der Waals surface area (Å²) < 4.78 is 0. The van der Waals surface area contributed by atoms with Crippen LogP contribution in [0, 0.1) is 0 Å². The Balaban J connectivity index is 2.32. The van der Waals surface area contributed by atoms with Crippen molar-refractivity contribution >= 4 is 17.7 Å². The Morgan fingerprint density at radius 3 is 2.74 bits per heavy atom. The third kappa shape index (κ3) is 2.54. The number of rotatable bonds is 2. The number of imide groups is 1. The zero-order valence-electron chi connectivity index (χ0n) is 10.3. The first kappa shape index (κ1) is 13.0. The molecule has 3 amide bonds. The van der Waals surface area contributed by atoms with Gasteiger partial charge in [-0.1, -0.05) is 13.0 Å². The van der Waals surface area contributed by atoms with Gasteiger partial charge in [0.15, 0.2) is 0 Å². The van der Waals surface area contributed by atoms with Gasteiger partial charge in [0.25, 0.3) is 5.91 Å². The number of aromatic amines is 1. The van der Waals surface area contributed by atoms with Crippen LogP contribution in [0.15, 0.2) is 23.0 Å². The van der Waals surface area contributed by atoms with Gasteiger partial charge in [0.05, 0.1) is 0 Å². The summed E-state index contributed by atoms with van der Waals surface area (Å²) in [6, 6.07) is 3.46. The second-order valence-electron chi connectivity index (χ2n) is 4.20. The minimum atomic E-state index is -0.700. The van der Waals surface area contributed by atoms with Gasteiger partial charge < -0.3 is 9.88 Å². The number of amides is 3. The van der Waals surface area contributed by atoms with Gasteiger partial charge >= 0.3 is 0 Å². The Kier molecular flexibility index (Phi) is 3.46. The number of hydrogen-bond acceptors (Lipinski definition) is 4. The lowest BCUT2D eigenvalue weighted by molar-refractivity contribution is -0.138. The molecular weight excluding hydrogens is 250 g/mol. The highest BCUT2D eigenvalue weighted by atomic mass is 16.2. The molecule has 2 N–H and O–H groups in total. The van der Waals surface area contributed by atoms with Gasteiger partial charge in [-0.2, -0.15) is 0 Å². The summed E-state index contributed by atoms with van der Waals surface area (Å²) in [5.41, 5.74) is -0.347. The lowest BCUT2D eigenvalue weighted by Gasteiger charge is -2.33. The van der Waals surface area contributed by atoms with Crippen LogP contribution in [0.3, 0.4) is 0 Å². The number of carbonyl (C=O) groups is 3. The second-order valence-corrected chi connectivity index (χ2v) is 4.20. The highest BCUT2D eigenvalue weighted by molar-refractivity contribution is 6.06. The third-order valence-corrected chi connectivity index (χ3v) is 2.90. The Morgan fingerprint density at radius 2 is 2.11 bits per heavy atom. The lowest BCUT2D eigenvalue weighted by Crippen LogP contribution is -2.59. The van der Waals surface area contributed by atoms with E-state index in [4.69, 9.17) is 0 Å². The Labute approximate surface area is 108 Å². The molecule has 2 rings (SSSR count). The fourth-order valence-corrected chi connectivity index (χ4v) is 2.01. The summed E-state index contributed by atoms with van der Waals surface area (Å²) in [6.07, 6.45) is 0.391. The minimum absolute atomic E-state index is 0.0634. The van der Waals surface area contributed by atoms with Crippen molar-refractivity contribution in [3.63, 3.8) is 0 Å². The molecule has 0 radical (unpaired) electrons. The molecule has 0 aromatic carbocycles. The third-order valence-electron chi connectivity index (χ3n) is 2.90. The Bertz CT molecular complexity index is 593. The van der Waals surface area contributed by atoms with Crippen LogP contribution < -0.4 is 10.9 Å². The van der Waals surface area contributed by atoms with E-state index in [-0.39, 0.29) is 12.2 Å². The van der Waals surface area contributed by atoms with E-state index in [0.717, 1.165) is 0 Å². The minimum Gasteiger partial charge on any atom is -0.318 e. The van der Waals surface area contributed by atoms with E-state index in [1.165, 1.54) is 23.1 Å².